The summed E-state index contributed by atoms with van der Waals surface area (Å²) in [7, 11) is 0. The second-order valence-electron chi connectivity index (χ2n) is 13.1. The SMILES string of the molecule is C[C@@H]1O[C@H](O[C@H]2C=C3CC[C@@H]4[C@H](CC[C@]5(C)[C@H](c6ccc(=O)oc6)CC[C@@]45O)[C@@]3(C)CC2)[C@@H](O)[C@H](O)[C@H]1O. The minimum atomic E-state index is -1.31. The molecule has 210 valence electrons. The number of aliphatic hydroxyl groups excluding tert-OH is 3. The number of ether oxygens (including phenoxy) is 2. The first-order chi connectivity index (χ1) is 18.0. The Hall–Kier alpha value is -1.55. The zero-order valence-electron chi connectivity index (χ0n) is 22.6. The van der Waals surface area contributed by atoms with E-state index in [1.54, 1.807) is 13.2 Å². The van der Waals surface area contributed by atoms with Gasteiger partial charge in [-0.3, -0.25) is 0 Å². The van der Waals surface area contributed by atoms with Crippen molar-refractivity contribution >= 4 is 0 Å². The summed E-state index contributed by atoms with van der Waals surface area (Å²) < 4.78 is 17.0. The number of fused-ring (bicyclic) bond motifs is 5. The minimum Gasteiger partial charge on any atom is -0.431 e. The molecule has 38 heavy (non-hydrogen) atoms. The van der Waals surface area contributed by atoms with Crippen LogP contribution in [0.3, 0.4) is 0 Å². The van der Waals surface area contributed by atoms with Crippen molar-refractivity contribution in [3.8, 4) is 0 Å². The van der Waals surface area contributed by atoms with Gasteiger partial charge in [0.15, 0.2) is 6.29 Å². The first-order valence-electron chi connectivity index (χ1n) is 14.4. The largest absolute Gasteiger partial charge is 0.431 e. The normalized spacial score (nSPS) is 50.5. The molecule has 0 bridgehead atoms. The number of aliphatic hydroxyl groups is 4. The van der Waals surface area contributed by atoms with Crippen LogP contribution in [0.2, 0.25) is 0 Å². The molecule has 6 rings (SSSR count). The van der Waals surface area contributed by atoms with Crippen LogP contribution in [0.15, 0.2) is 39.3 Å². The van der Waals surface area contributed by atoms with E-state index in [0.717, 1.165) is 56.9 Å². The third kappa shape index (κ3) is 3.82. The summed E-state index contributed by atoms with van der Waals surface area (Å²) in [6.45, 7) is 6.26. The average Bonchev–Trinajstić information content (AvgIpc) is 3.18. The monoisotopic (exact) mass is 530 g/mol. The summed E-state index contributed by atoms with van der Waals surface area (Å²) in [5.41, 5.74) is 0.991. The third-order valence-electron chi connectivity index (χ3n) is 11.5. The maximum absolute atomic E-state index is 12.4. The molecule has 0 spiro atoms. The number of rotatable bonds is 3. The standard InChI is InChI=1S/C30H42O8/c1-16-24(32)25(33)26(34)27(37-16)38-19-8-11-28(2)18(14-19)5-6-22-21(28)9-12-29(3)20(10-13-30(22,29)35)17-4-7-23(31)36-15-17/h4,7,14-16,19-22,24-27,32-35H,5-6,8-13H2,1-3H3/t16-,19+,20-,21-,22+,24-,25+,26-,27+,28-,29+,30+/m0/s1. The Morgan fingerprint density at radius 1 is 0.947 bits per heavy atom. The quantitative estimate of drug-likeness (QED) is 0.439. The molecule has 0 aromatic carbocycles. The van der Waals surface area contributed by atoms with Gasteiger partial charge in [-0.15, -0.1) is 0 Å². The Morgan fingerprint density at radius 2 is 1.74 bits per heavy atom. The van der Waals surface area contributed by atoms with Gasteiger partial charge in [0, 0.05) is 11.5 Å². The second kappa shape index (κ2) is 9.25. The van der Waals surface area contributed by atoms with Crippen LogP contribution in [0.5, 0.6) is 0 Å². The van der Waals surface area contributed by atoms with Crippen molar-refractivity contribution in [3.63, 3.8) is 0 Å². The van der Waals surface area contributed by atoms with Gasteiger partial charge in [0.05, 0.1) is 24.1 Å². The Kier molecular flexibility index (Phi) is 6.49. The van der Waals surface area contributed by atoms with Crippen LogP contribution in [-0.2, 0) is 9.47 Å². The zero-order valence-corrected chi connectivity index (χ0v) is 22.6. The van der Waals surface area contributed by atoms with Crippen LogP contribution in [0.1, 0.15) is 83.6 Å². The molecule has 8 heteroatoms. The van der Waals surface area contributed by atoms with Gasteiger partial charge in [0.25, 0.3) is 0 Å². The Morgan fingerprint density at radius 3 is 2.47 bits per heavy atom. The molecule has 5 aliphatic rings. The van der Waals surface area contributed by atoms with Crippen LogP contribution >= 0.6 is 0 Å². The molecule has 8 nitrogen and oxygen atoms in total. The van der Waals surface area contributed by atoms with E-state index in [4.69, 9.17) is 13.9 Å². The van der Waals surface area contributed by atoms with E-state index in [9.17, 15) is 25.2 Å². The molecular formula is C30H42O8. The van der Waals surface area contributed by atoms with Crippen LogP contribution in [0.4, 0.5) is 0 Å². The first kappa shape index (κ1) is 26.7. The Labute approximate surface area is 223 Å². The highest BCUT2D eigenvalue weighted by Crippen LogP contribution is 2.70. The molecule has 1 aliphatic heterocycles. The molecule has 0 unspecified atom stereocenters. The molecule has 1 aromatic rings. The van der Waals surface area contributed by atoms with Crippen molar-refractivity contribution in [3.05, 3.63) is 46.0 Å². The molecule has 1 saturated heterocycles. The lowest BCUT2D eigenvalue weighted by Crippen LogP contribution is -2.60. The third-order valence-corrected chi connectivity index (χ3v) is 11.5. The van der Waals surface area contributed by atoms with E-state index in [0.29, 0.717) is 5.92 Å². The molecule has 2 heterocycles. The van der Waals surface area contributed by atoms with Gasteiger partial charge in [-0.25, -0.2) is 4.79 Å². The molecule has 1 aromatic heterocycles. The molecule has 12 atom stereocenters. The predicted molar refractivity (Wildman–Crippen MR) is 138 cm³/mol. The van der Waals surface area contributed by atoms with Gasteiger partial charge in [0.1, 0.15) is 18.3 Å². The van der Waals surface area contributed by atoms with Crippen LogP contribution in [0, 0.1) is 22.7 Å². The molecular weight excluding hydrogens is 488 g/mol. The van der Waals surface area contributed by atoms with Crippen molar-refractivity contribution in [2.75, 3.05) is 0 Å². The summed E-state index contributed by atoms with van der Waals surface area (Å²) >= 11 is 0. The molecule has 4 aliphatic carbocycles. The Balaban J connectivity index is 1.21. The van der Waals surface area contributed by atoms with Crippen molar-refractivity contribution in [1.82, 2.24) is 0 Å². The number of hydrogen-bond acceptors (Lipinski definition) is 8. The molecule has 4 N–H and O–H groups in total. The summed E-state index contributed by atoms with van der Waals surface area (Å²) in [6, 6.07) is 3.36. The number of hydrogen-bond donors (Lipinski definition) is 4. The molecule has 0 amide bonds. The minimum absolute atomic E-state index is 0.0213. The van der Waals surface area contributed by atoms with E-state index in [1.165, 1.54) is 11.6 Å². The van der Waals surface area contributed by atoms with Crippen LogP contribution < -0.4 is 5.63 Å². The molecule has 3 saturated carbocycles. The average molecular weight is 531 g/mol. The van der Waals surface area contributed by atoms with Crippen molar-refractivity contribution in [2.45, 2.75) is 120 Å². The van der Waals surface area contributed by atoms with Crippen molar-refractivity contribution in [2.24, 2.45) is 22.7 Å². The lowest BCUT2D eigenvalue weighted by molar-refractivity contribution is -0.301. The second-order valence-corrected chi connectivity index (χ2v) is 13.1. The highest BCUT2D eigenvalue weighted by molar-refractivity contribution is 5.31. The van der Waals surface area contributed by atoms with E-state index < -0.39 is 36.3 Å². The summed E-state index contributed by atoms with van der Waals surface area (Å²) in [5.74, 6) is 0.759. The van der Waals surface area contributed by atoms with Crippen molar-refractivity contribution in [1.29, 1.82) is 0 Å². The van der Waals surface area contributed by atoms with Crippen LogP contribution in [0.25, 0.3) is 0 Å². The smallest absolute Gasteiger partial charge is 0.335 e. The lowest BCUT2D eigenvalue weighted by Gasteiger charge is -2.62. The molecule has 0 radical (unpaired) electrons. The maximum Gasteiger partial charge on any atom is 0.335 e. The summed E-state index contributed by atoms with van der Waals surface area (Å²) in [4.78, 5) is 11.5. The van der Waals surface area contributed by atoms with Crippen LogP contribution in [-0.4, -0.2) is 62.8 Å². The van der Waals surface area contributed by atoms with Gasteiger partial charge in [-0.1, -0.05) is 25.5 Å². The van der Waals surface area contributed by atoms with Gasteiger partial charge in [-0.05, 0) is 93.1 Å². The predicted octanol–water partition coefficient (Wildman–Crippen LogP) is 3.01. The zero-order chi connectivity index (χ0) is 27.0. The fourth-order valence-electron chi connectivity index (χ4n) is 9.17. The van der Waals surface area contributed by atoms with E-state index in [-0.39, 0.29) is 34.4 Å². The molecule has 4 fully saturated rings. The van der Waals surface area contributed by atoms with E-state index in [1.807, 2.05) is 6.07 Å². The highest BCUT2D eigenvalue weighted by atomic mass is 16.7. The maximum atomic E-state index is 12.4. The fourth-order valence-corrected chi connectivity index (χ4v) is 9.17. The topological polar surface area (TPSA) is 130 Å². The van der Waals surface area contributed by atoms with Gasteiger partial charge in [0.2, 0.25) is 0 Å². The first-order valence-corrected chi connectivity index (χ1v) is 14.4. The lowest BCUT2D eigenvalue weighted by atomic mass is 9.45. The van der Waals surface area contributed by atoms with Gasteiger partial charge in [-0.2, -0.15) is 0 Å². The number of allylic oxidation sites excluding steroid dienone is 1. The fraction of sp³-hybridized carbons (Fsp3) is 0.767. The van der Waals surface area contributed by atoms with E-state index >= 15 is 0 Å². The Bertz CT molecular complexity index is 1130. The highest BCUT2D eigenvalue weighted by Gasteiger charge is 2.66. The van der Waals surface area contributed by atoms with Crippen molar-refractivity contribution < 1.29 is 34.3 Å². The summed E-state index contributed by atoms with van der Waals surface area (Å²) in [5, 5.41) is 43.0. The summed E-state index contributed by atoms with van der Waals surface area (Å²) in [6.07, 6.45) is 5.32. The van der Waals surface area contributed by atoms with Gasteiger partial charge >= 0.3 is 5.63 Å². The van der Waals surface area contributed by atoms with E-state index in [2.05, 4.69) is 19.9 Å². The van der Waals surface area contributed by atoms with Gasteiger partial charge < -0.3 is 34.3 Å².